The molecule has 2 aromatic rings. The Balaban J connectivity index is 1.53. The van der Waals surface area contributed by atoms with E-state index in [1.807, 2.05) is 30.3 Å². The second kappa shape index (κ2) is 8.85. The molecule has 7 nitrogen and oxygen atoms in total. The van der Waals surface area contributed by atoms with Crippen LogP contribution in [-0.2, 0) is 11.3 Å². The molecule has 5 rings (SSSR count). The molecule has 2 fully saturated rings. The maximum absolute atomic E-state index is 12.3. The standard InChI is InChI=1S/C27H31NO6/c1-32-21-11-10-18(17-8-5-9-19-20(17)14-28-25(19)29)23(24(21)33-2)34-15-27(12-13-27)22(26(30)31)16-6-3-4-7-16/h5,8-11,16,22H,3-4,6-7,12-15H2,1-2H3,(H,28,29)(H,30,31). The first-order chi connectivity index (χ1) is 16.5. The molecule has 180 valence electrons. The minimum Gasteiger partial charge on any atom is -0.493 e. The molecule has 0 spiro atoms. The van der Waals surface area contributed by atoms with Crippen LogP contribution in [0.4, 0.5) is 0 Å². The summed E-state index contributed by atoms with van der Waals surface area (Å²) in [5.74, 6) is 0.560. The third-order valence-corrected chi connectivity index (χ3v) is 7.83. The Morgan fingerprint density at radius 2 is 1.79 bits per heavy atom. The van der Waals surface area contributed by atoms with Crippen molar-refractivity contribution in [3.63, 3.8) is 0 Å². The van der Waals surface area contributed by atoms with Gasteiger partial charge in [-0.25, -0.2) is 0 Å². The van der Waals surface area contributed by atoms with Gasteiger partial charge in [0.15, 0.2) is 11.5 Å². The van der Waals surface area contributed by atoms with Gasteiger partial charge in [-0.05, 0) is 60.9 Å². The molecule has 0 radical (unpaired) electrons. The van der Waals surface area contributed by atoms with Gasteiger partial charge in [-0.3, -0.25) is 9.59 Å². The largest absolute Gasteiger partial charge is 0.493 e. The Labute approximate surface area is 199 Å². The second-order valence-corrected chi connectivity index (χ2v) is 9.70. The van der Waals surface area contributed by atoms with Crippen LogP contribution in [0.3, 0.4) is 0 Å². The predicted molar refractivity (Wildman–Crippen MR) is 126 cm³/mol. The van der Waals surface area contributed by atoms with Gasteiger partial charge in [-0.15, -0.1) is 0 Å². The quantitative estimate of drug-likeness (QED) is 0.559. The Kier molecular flexibility index (Phi) is 5.88. The molecule has 1 unspecified atom stereocenters. The van der Waals surface area contributed by atoms with E-state index in [9.17, 15) is 14.7 Å². The zero-order valence-electron chi connectivity index (χ0n) is 19.7. The molecule has 3 aliphatic rings. The van der Waals surface area contributed by atoms with Gasteiger partial charge < -0.3 is 24.6 Å². The van der Waals surface area contributed by atoms with Crippen molar-refractivity contribution in [3.8, 4) is 28.4 Å². The maximum Gasteiger partial charge on any atom is 0.307 e. The molecule has 1 atom stereocenters. The zero-order valence-corrected chi connectivity index (χ0v) is 19.7. The van der Waals surface area contributed by atoms with Crippen molar-refractivity contribution in [2.24, 2.45) is 17.3 Å². The molecule has 0 bridgehead atoms. The highest BCUT2D eigenvalue weighted by molar-refractivity contribution is 6.01. The van der Waals surface area contributed by atoms with Crippen molar-refractivity contribution >= 4 is 11.9 Å². The number of methoxy groups -OCH3 is 2. The Morgan fingerprint density at radius 1 is 1.06 bits per heavy atom. The van der Waals surface area contributed by atoms with Gasteiger partial charge in [-0.2, -0.15) is 0 Å². The molecule has 2 N–H and O–H groups in total. The number of hydrogen-bond donors (Lipinski definition) is 2. The van der Waals surface area contributed by atoms with E-state index in [1.165, 1.54) is 0 Å². The lowest BCUT2D eigenvalue weighted by Crippen LogP contribution is -2.35. The van der Waals surface area contributed by atoms with Crippen LogP contribution >= 0.6 is 0 Å². The molecular formula is C27H31NO6. The van der Waals surface area contributed by atoms with Crippen LogP contribution in [0.2, 0.25) is 0 Å². The van der Waals surface area contributed by atoms with Gasteiger partial charge in [-0.1, -0.05) is 25.0 Å². The minimum atomic E-state index is -0.712. The number of carbonyl (C=O) groups is 2. The van der Waals surface area contributed by atoms with E-state index >= 15 is 0 Å². The SMILES string of the molecule is COc1ccc(-c2cccc3c2CNC3=O)c(OCC2(C(C(=O)O)C3CCCC3)CC2)c1OC. The molecule has 2 saturated carbocycles. The molecule has 1 heterocycles. The molecule has 0 aromatic heterocycles. The van der Waals surface area contributed by atoms with Gasteiger partial charge in [0, 0.05) is 23.1 Å². The summed E-state index contributed by atoms with van der Waals surface area (Å²) in [5.41, 5.74) is 2.91. The molecule has 34 heavy (non-hydrogen) atoms. The van der Waals surface area contributed by atoms with Crippen LogP contribution in [0.5, 0.6) is 17.2 Å². The smallest absolute Gasteiger partial charge is 0.307 e. The molecule has 0 saturated heterocycles. The lowest BCUT2D eigenvalue weighted by molar-refractivity contribution is -0.147. The summed E-state index contributed by atoms with van der Waals surface area (Å²) in [6, 6.07) is 9.40. The number of fused-ring (bicyclic) bond motifs is 1. The molecule has 2 aromatic carbocycles. The van der Waals surface area contributed by atoms with Gasteiger partial charge in [0.1, 0.15) is 0 Å². The van der Waals surface area contributed by atoms with Gasteiger partial charge in [0.2, 0.25) is 5.75 Å². The maximum atomic E-state index is 12.3. The number of nitrogens with one attached hydrogen (secondary N) is 1. The highest BCUT2D eigenvalue weighted by Gasteiger charge is 2.56. The highest BCUT2D eigenvalue weighted by atomic mass is 16.5. The van der Waals surface area contributed by atoms with Gasteiger partial charge in [0.05, 0.1) is 26.7 Å². The normalized spacial score (nSPS) is 19.3. The van der Waals surface area contributed by atoms with Crippen molar-refractivity contribution in [2.45, 2.75) is 45.1 Å². The summed E-state index contributed by atoms with van der Waals surface area (Å²) < 4.78 is 17.7. The van der Waals surface area contributed by atoms with Crippen LogP contribution < -0.4 is 19.5 Å². The number of benzene rings is 2. The third kappa shape index (κ3) is 3.77. The van der Waals surface area contributed by atoms with E-state index in [1.54, 1.807) is 14.2 Å². The summed E-state index contributed by atoms with van der Waals surface area (Å²) >= 11 is 0. The predicted octanol–water partition coefficient (Wildman–Crippen LogP) is 4.66. The van der Waals surface area contributed by atoms with Crippen molar-refractivity contribution < 1.29 is 28.9 Å². The average molecular weight is 466 g/mol. The monoisotopic (exact) mass is 465 g/mol. The zero-order chi connectivity index (χ0) is 23.9. The van der Waals surface area contributed by atoms with E-state index in [2.05, 4.69) is 5.32 Å². The number of ether oxygens (including phenoxy) is 3. The average Bonchev–Trinajstić information content (AvgIpc) is 3.22. The van der Waals surface area contributed by atoms with Gasteiger partial charge >= 0.3 is 5.97 Å². The van der Waals surface area contributed by atoms with E-state index < -0.39 is 11.9 Å². The molecule has 7 heteroatoms. The van der Waals surface area contributed by atoms with Crippen LogP contribution in [0.1, 0.15) is 54.4 Å². The number of carboxylic acid groups (broad SMARTS) is 1. The summed E-state index contributed by atoms with van der Waals surface area (Å²) in [6.45, 7) is 0.758. The summed E-state index contributed by atoms with van der Waals surface area (Å²) in [6.07, 6.45) is 5.85. The number of carbonyl (C=O) groups excluding carboxylic acids is 1. The molecule has 1 amide bonds. The van der Waals surface area contributed by atoms with Crippen LogP contribution in [-0.4, -0.2) is 37.8 Å². The van der Waals surface area contributed by atoms with Crippen LogP contribution in [0, 0.1) is 17.3 Å². The fraction of sp³-hybridized carbons (Fsp3) is 0.481. The summed E-state index contributed by atoms with van der Waals surface area (Å²) in [5, 5.41) is 13.0. The molecule has 2 aliphatic carbocycles. The second-order valence-electron chi connectivity index (χ2n) is 9.70. The van der Waals surface area contributed by atoms with Crippen molar-refractivity contribution in [2.75, 3.05) is 20.8 Å². The lowest BCUT2D eigenvalue weighted by atomic mass is 9.78. The van der Waals surface area contributed by atoms with Crippen LogP contribution in [0.25, 0.3) is 11.1 Å². The number of carboxylic acids is 1. The minimum absolute atomic E-state index is 0.0856. The summed E-state index contributed by atoms with van der Waals surface area (Å²) in [7, 11) is 3.15. The van der Waals surface area contributed by atoms with Gasteiger partial charge in [0.25, 0.3) is 5.91 Å². The molecule has 1 aliphatic heterocycles. The summed E-state index contributed by atoms with van der Waals surface area (Å²) in [4.78, 5) is 24.6. The van der Waals surface area contributed by atoms with E-state index in [0.717, 1.165) is 55.2 Å². The number of amides is 1. The van der Waals surface area contributed by atoms with Crippen LogP contribution in [0.15, 0.2) is 30.3 Å². The topological polar surface area (TPSA) is 94.1 Å². The first-order valence-corrected chi connectivity index (χ1v) is 12.0. The van der Waals surface area contributed by atoms with E-state index in [4.69, 9.17) is 14.2 Å². The van der Waals surface area contributed by atoms with E-state index in [0.29, 0.717) is 36.0 Å². The van der Waals surface area contributed by atoms with Crippen molar-refractivity contribution in [1.82, 2.24) is 5.32 Å². The Bertz CT molecular complexity index is 1120. The number of hydrogen-bond acceptors (Lipinski definition) is 5. The lowest BCUT2D eigenvalue weighted by Gasteiger charge is -2.29. The van der Waals surface area contributed by atoms with Crippen molar-refractivity contribution in [1.29, 1.82) is 0 Å². The Hall–Kier alpha value is -3.22. The van der Waals surface area contributed by atoms with Crippen molar-refractivity contribution in [3.05, 3.63) is 41.5 Å². The highest BCUT2D eigenvalue weighted by Crippen LogP contribution is 2.58. The first-order valence-electron chi connectivity index (χ1n) is 12.0. The number of rotatable bonds is 9. The fourth-order valence-corrected chi connectivity index (χ4v) is 5.94. The number of aliphatic carboxylic acids is 1. The van der Waals surface area contributed by atoms with E-state index in [-0.39, 0.29) is 17.2 Å². The Morgan fingerprint density at radius 3 is 2.44 bits per heavy atom. The first kappa shape index (κ1) is 22.6. The fourth-order valence-electron chi connectivity index (χ4n) is 5.94. The molecular weight excluding hydrogens is 434 g/mol. The third-order valence-electron chi connectivity index (χ3n) is 7.83.